The number of quaternary nitrogens is 1. The monoisotopic (exact) mass is 300 g/mol. The number of carbonyl (C=O) groups is 1. The van der Waals surface area contributed by atoms with Crippen LogP contribution in [0.15, 0.2) is 12.1 Å². The number of rotatable bonds is 4. The van der Waals surface area contributed by atoms with Crippen LogP contribution in [0.3, 0.4) is 0 Å². The molecule has 7 nitrogen and oxygen atoms in total. The SMILES string of the molecule is COC(=O)C1CCC(Oc2ccc([NH+]([O-])O)c(F)n2)CC1. The molecule has 0 aliphatic heterocycles. The van der Waals surface area contributed by atoms with Gasteiger partial charge in [0.15, 0.2) is 0 Å². The lowest BCUT2D eigenvalue weighted by atomic mass is 9.87. The standard InChI is InChI=1S/C13H17FN2O5/c1-20-13(17)8-2-4-9(5-3-8)21-11-7-6-10(16(18)19)12(14)15-11/h6-9,16,18H,2-5H2,1H3. The molecule has 1 heterocycles. The predicted octanol–water partition coefficient (Wildman–Crippen LogP) is 0.735. The lowest BCUT2D eigenvalue weighted by molar-refractivity contribution is -0.992. The Morgan fingerprint density at radius 3 is 2.62 bits per heavy atom. The smallest absolute Gasteiger partial charge is 0.308 e. The van der Waals surface area contributed by atoms with Crippen molar-refractivity contribution in [2.75, 3.05) is 7.11 Å². The van der Waals surface area contributed by atoms with Gasteiger partial charge in [-0.05, 0) is 25.7 Å². The molecule has 1 atom stereocenters. The number of hydrogen-bond acceptors (Lipinski definition) is 6. The number of carbonyl (C=O) groups excluding carboxylic acids is 1. The molecule has 0 radical (unpaired) electrons. The van der Waals surface area contributed by atoms with Crippen molar-refractivity contribution < 1.29 is 29.1 Å². The van der Waals surface area contributed by atoms with Gasteiger partial charge in [-0.2, -0.15) is 14.6 Å². The summed E-state index contributed by atoms with van der Waals surface area (Å²) in [5.41, 5.74) is -0.489. The Labute approximate surface area is 120 Å². The van der Waals surface area contributed by atoms with Gasteiger partial charge in [0.2, 0.25) is 11.6 Å². The molecule has 0 bridgehead atoms. The number of aromatic nitrogens is 1. The van der Waals surface area contributed by atoms with E-state index in [1.807, 2.05) is 0 Å². The molecule has 0 aromatic carbocycles. The van der Waals surface area contributed by atoms with Crippen molar-refractivity contribution in [3.8, 4) is 5.88 Å². The lowest BCUT2D eigenvalue weighted by Crippen LogP contribution is -2.99. The molecule has 1 fully saturated rings. The van der Waals surface area contributed by atoms with Crippen LogP contribution in [0.25, 0.3) is 0 Å². The summed E-state index contributed by atoms with van der Waals surface area (Å²) in [4.78, 5) is 14.9. The van der Waals surface area contributed by atoms with E-state index >= 15 is 0 Å². The molecule has 1 unspecified atom stereocenters. The Kier molecular flexibility index (Phi) is 5.05. The molecule has 1 aliphatic carbocycles. The van der Waals surface area contributed by atoms with Crippen LogP contribution in [-0.4, -0.2) is 29.4 Å². The largest absolute Gasteiger partial charge is 0.595 e. The summed E-state index contributed by atoms with van der Waals surface area (Å²) in [6, 6.07) is 2.46. The summed E-state index contributed by atoms with van der Waals surface area (Å²) in [7, 11) is 1.36. The number of esters is 1. The Hall–Kier alpha value is -1.77. The molecular formula is C13H17FN2O5. The molecule has 1 aliphatic rings. The van der Waals surface area contributed by atoms with Crippen molar-refractivity contribution in [1.82, 2.24) is 4.98 Å². The van der Waals surface area contributed by atoms with Crippen molar-refractivity contribution >= 4 is 11.7 Å². The van der Waals surface area contributed by atoms with Crippen LogP contribution in [-0.2, 0) is 9.53 Å². The van der Waals surface area contributed by atoms with Gasteiger partial charge in [0.05, 0.1) is 13.0 Å². The molecule has 8 heteroatoms. The minimum Gasteiger partial charge on any atom is -0.595 e. The number of hydrogen-bond donors (Lipinski definition) is 2. The van der Waals surface area contributed by atoms with E-state index in [0.29, 0.717) is 25.7 Å². The zero-order valence-electron chi connectivity index (χ0n) is 11.5. The van der Waals surface area contributed by atoms with Crippen LogP contribution in [0.5, 0.6) is 5.88 Å². The Balaban J connectivity index is 1.92. The third-order valence-corrected chi connectivity index (χ3v) is 3.55. The molecule has 1 saturated carbocycles. The van der Waals surface area contributed by atoms with Crippen LogP contribution in [0, 0.1) is 17.1 Å². The second kappa shape index (κ2) is 6.79. The van der Waals surface area contributed by atoms with E-state index < -0.39 is 16.9 Å². The van der Waals surface area contributed by atoms with Crippen LogP contribution in [0.2, 0.25) is 0 Å². The normalized spacial score (nSPS) is 23.4. The maximum atomic E-state index is 13.4. The van der Waals surface area contributed by atoms with E-state index in [-0.39, 0.29) is 23.9 Å². The third-order valence-electron chi connectivity index (χ3n) is 3.55. The fraction of sp³-hybridized carbons (Fsp3) is 0.538. The highest BCUT2D eigenvalue weighted by Crippen LogP contribution is 2.28. The van der Waals surface area contributed by atoms with Gasteiger partial charge >= 0.3 is 5.97 Å². The van der Waals surface area contributed by atoms with E-state index in [4.69, 9.17) is 14.7 Å². The molecule has 2 rings (SSSR count). The fourth-order valence-electron chi connectivity index (χ4n) is 2.40. The summed E-state index contributed by atoms with van der Waals surface area (Å²) >= 11 is 0. The van der Waals surface area contributed by atoms with Crippen molar-refractivity contribution in [3.63, 3.8) is 0 Å². The van der Waals surface area contributed by atoms with E-state index in [2.05, 4.69) is 4.98 Å². The van der Waals surface area contributed by atoms with Crippen LogP contribution in [0.4, 0.5) is 10.1 Å². The zero-order chi connectivity index (χ0) is 15.4. The summed E-state index contributed by atoms with van der Waals surface area (Å²) in [5.74, 6) is -1.35. The zero-order valence-corrected chi connectivity index (χ0v) is 11.5. The summed E-state index contributed by atoms with van der Waals surface area (Å²) in [6.45, 7) is 0. The number of ether oxygens (including phenoxy) is 2. The minimum atomic E-state index is -1.37. The summed E-state index contributed by atoms with van der Waals surface area (Å²) < 4.78 is 23.7. The highest BCUT2D eigenvalue weighted by atomic mass is 19.1. The average Bonchev–Trinajstić information content (AvgIpc) is 2.47. The molecule has 1 aromatic heterocycles. The average molecular weight is 300 g/mol. The van der Waals surface area contributed by atoms with E-state index in [1.165, 1.54) is 13.2 Å². The Morgan fingerprint density at radius 2 is 2.10 bits per heavy atom. The van der Waals surface area contributed by atoms with Gasteiger partial charge in [0.25, 0.3) is 5.95 Å². The van der Waals surface area contributed by atoms with Gasteiger partial charge in [-0.1, -0.05) is 0 Å². The van der Waals surface area contributed by atoms with Gasteiger partial charge in [-0.15, -0.1) is 0 Å². The molecule has 0 saturated heterocycles. The number of nitrogens with zero attached hydrogens (tertiary/aromatic N) is 1. The third kappa shape index (κ3) is 3.87. The van der Waals surface area contributed by atoms with E-state index in [0.717, 1.165) is 6.07 Å². The quantitative estimate of drug-likeness (QED) is 0.483. The predicted molar refractivity (Wildman–Crippen MR) is 68.4 cm³/mol. The van der Waals surface area contributed by atoms with Crippen molar-refractivity contribution in [2.24, 2.45) is 5.92 Å². The van der Waals surface area contributed by atoms with Crippen LogP contribution in [0.1, 0.15) is 25.7 Å². The summed E-state index contributed by atoms with van der Waals surface area (Å²) in [6.07, 6.45) is 2.42. The molecule has 0 spiro atoms. The number of pyridine rings is 1. The van der Waals surface area contributed by atoms with E-state index in [1.54, 1.807) is 0 Å². The summed E-state index contributed by atoms with van der Waals surface area (Å²) in [5, 5.41) is 18.0. The second-order valence-electron chi connectivity index (χ2n) is 4.91. The fourth-order valence-corrected chi connectivity index (χ4v) is 2.40. The lowest BCUT2D eigenvalue weighted by Gasteiger charge is -2.27. The molecule has 116 valence electrons. The second-order valence-corrected chi connectivity index (χ2v) is 4.91. The molecule has 1 aromatic rings. The van der Waals surface area contributed by atoms with Crippen molar-refractivity contribution in [3.05, 3.63) is 23.3 Å². The van der Waals surface area contributed by atoms with Gasteiger partial charge in [-0.3, -0.25) is 4.79 Å². The molecular weight excluding hydrogens is 283 g/mol. The van der Waals surface area contributed by atoms with Gasteiger partial charge in [0.1, 0.15) is 6.10 Å². The first-order valence-electron chi connectivity index (χ1n) is 6.65. The van der Waals surface area contributed by atoms with Gasteiger partial charge < -0.3 is 14.7 Å². The van der Waals surface area contributed by atoms with Crippen molar-refractivity contribution in [2.45, 2.75) is 31.8 Å². The topological polar surface area (TPSA) is 96.2 Å². The first-order chi connectivity index (χ1) is 10.0. The van der Waals surface area contributed by atoms with Gasteiger partial charge in [-0.25, -0.2) is 5.21 Å². The molecule has 2 N–H and O–H groups in total. The highest BCUT2D eigenvalue weighted by Gasteiger charge is 2.28. The first-order valence-corrected chi connectivity index (χ1v) is 6.65. The van der Waals surface area contributed by atoms with Gasteiger partial charge in [0, 0.05) is 12.1 Å². The number of methoxy groups -OCH3 is 1. The van der Waals surface area contributed by atoms with Crippen LogP contribution < -0.4 is 9.96 Å². The highest BCUT2D eigenvalue weighted by molar-refractivity contribution is 5.72. The number of nitrogens with one attached hydrogen (secondary N) is 1. The van der Waals surface area contributed by atoms with E-state index in [9.17, 15) is 14.4 Å². The Bertz CT molecular complexity index is 503. The first kappa shape index (κ1) is 15.6. The number of halogens is 1. The Morgan fingerprint density at radius 1 is 1.43 bits per heavy atom. The molecule has 21 heavy (non-hydrogen) atoms. The van der Waals surface area contributed by atoms with Crippen molar-refractivity contribution in [1.29, 1.82) is 0 Å². The van der Waals surface area contributed by atoms with Crippen LogP contribution >= 0.6 is 0 Å². The molecule has 0 amide bonds. The maximum Gasteiger partial charge on any atom is 0.308 e. The maximum absolute atomic E-state index is 13.4. The minimum absolute atomic E-state index is 0.0546.